The molecule has 22 heavy (non-hydrogen) atoms. The van der Waals surface area contributed by atoms with Gasteiger partial charge in [0, 0.05) is 12.5 Å². The summed E-state index contributed by atoms with van der Waals surface area (Å²) in [5, 5.41) is 3.09. The van der Waals surface area contributed by atoms with Gasteiger partial charge >= 0.3 is 0 Å². The molecule has 0 heterocycles. The van der Waals surface area contributed by atoms with Gasteiger partial charge in [-0.25, -0.2) is 0 Å². The molecule has 0 saturated carbocycles. The van der Waals surface area contributed by atoms with Crippen molar-refractivity contribution in [2.24, 2.45) is 5.73 Å². The number of carbonyl (C=O) groups is 1. The zero-order valence-electron chi connectivity index (χ0n) is 12.7. The zero-order chi connectivity index (χ0) is 15.1. The second-order valence-corrected chi connectivity index (χ2v) is 5.40. The second-order valence-electron chi connectivity index (χ2n) is 5.40. The van der Waals surface area contributed by atoms with Crippen molar-refractivity contribution in [2.75, 3.05) is 0 Å². The summed E-state index contributed by atoms with van der Waals surface area (Å²) in [7, 11) is 0. The molecule has 4 heteroatoms. The van der Waals surface area contributed by atoms with E-state index in [0.29, 0.717) is 6.42 Å². The van der Waals surface area contributed by atoms with Gasteiger partial charge in [0.1, 0.15) is 0 Å². The molecule has 0 spiro atoms. The van der Waals surface area contributed by atoms with Crippen molar-refractivity contribution in [1.82, 2.24) is 5.32 Å². The van der Waals surface area contributed by atoms with Crippen molar-refractivity contribution in [3.8, 4) is 0 Å². The molecule has 0 fully saturated rings. The molecule has 0 saturated heterocycles. The highest BCUT2D eigenvalue weighted by molar-refractivity contribution is 5.85. The summed E-state index contributed by atoms with van der Waals surface area (Å²) >= 11 is 0. The lowest BCUT2D eigenvalue weighted by atomic mass is 9.98. The molecule has 2 aromatic carbocycles. The molecule has 0 aliphatic carbocycles. The number of hydrogen-bond acceptors (Lipinski definition) is 2. The smallest absolute Gasteiger partial charge is 0.222 e. The predicted molar refractivity (Wildman–Crippen MR) is 93.0 cm³/mol. The minimum absolute atomic E-state index is 0. The summed E-state index contributed by atoms with van der Waals surface area (Å²) in [5.74, 6) is -0.00483. The minimum Gasteiger partial charge on any atom is -0.349 e. The molecule has 2 rings (SSSR count). The van der Waals surface area contributed by atoms with Crippen LogP contribution in [-0.4, -0.2) is 11.9 Å². The van der Waals surface area contributed by atoms with Gasteiger partial charge in [0.05, 0.1) is 6.04 Å². The molecule has 0 aliphatic heterocycles. The molecule has 2 unspecified atom stereocenters. The van der Waals surface area contributed by atoms with E-state index < -0.39 is 0 Å². The van der Waals surface area contributed by atoms with Crippen LogP contribution in [0.2, 0.25) is 0 Å². The standard InChI is InChI=1S/C18H22N2O.ClH/c1-14(19)12-18(21)20-17(16-10-6-3-7-11-16)13-15-8-4-2-5-9-15;/h2-11,14,17H,12-13,19H2,1H3,(H,20,21);1H. The van der Waals surface area contributed by atoms with Gasteiger partial charge in [-0.05, 0) is 24.5 Å². The topological polar surface area (TPSA) is 55.1 Å². The first kappa shape index (κ1) is 18.2. The Morgan fingerprint density at radius 2 is 1.59 bits per heavy atom. The highest BCUT2D eigenvalue weighted by atomic mass is 35.5. The summed E-state index contributed by atoms with van der Waals surface area (Å²) in [6.45, 7) is 1.84. The molecule has 0 radical (unpaired) electrons. The largest absolute Gasteiger partial charge is 0.349 e. The van der Waals surface area contributed by atoms with Gasteiger partial charge < -0.3 is 11.1 Å². The third-order valence-corrected chi connectivity index (χ3v) is 3.33. The molecule has 0 bridgehead atoms. The van der Waals surface area contributed by atoms with E-state index >= 15 is 0 Å². The number of halogens is 1. The van der Waals surface area contributed by atoms with Crippen molar-refractivity contribution in [3.63, 3.8) is 0 Å². The lowest BCUT2D eigenvalue weighted by molar-refractivity contribution is -0.122. The Labute approximate surface area is 138 Å². The first-order valence-corrected chi connectivity index (χ1v) is 7.29. The van der Waals surface area contributed by atoms with E-state index in [2.05, 4.69) is 17.4 Å². The number of nitrogens with one attached hydrogen (secondary N) is 1. The van der Waals surface area contributed by atoms with Crippen LogP contribution in [0, 0.1) is 0 Å². The van der Waals surface area contributed by atoms with Crippen molar-refractivity contribution in [1.29, 1.82) is 0 Å². The van der Waals surface area contributed by atoms with Crippen LogP contribution in [0.25, 0.3) is 0 Å². The Morgan fingerprint density at radius 3 is 2.14 bits per heavy atom. The first-order valence-electron chi connectivity index (χ1n) is 7.29. The van der Waals surface area contributed by atoms with E-state index in [1.54, 1.807) is 0 Å². The van der Waals surface area contributed by atoms with E-state index in [1.165, 1.54) is 5.56 Å². The number of carbonyl (C=O) groups excluding carboxylic acids is 1. The first-order chi connectivity index (χ1) is 10.1. The summed E-state index contributed by atoms with van der Waals surface area (Å²) in [6, 6.07) is 20.1. The summed E-state index contributed by atoms with van der Waals surface area (Å²) in [6.07, 6.45) is 1.12. The maximum Gasteiger partial charge on any atom is 0.222 e. The van der Waals surface area contributed by atoms with Crippen molar-refractivity contribution >= 4 is 18.3 Å². The SMILES string of the molecule is CC(N)CC(=O)NC(Cc1ccccc1)c1ccccc1.Cl. The summed E-state index contributed by atoms with van der Waals surface area (Å²) in [4.78, 5) is 12.0. The number of nitrogens with two attached hydrogens (primary N) is 1. The van der Waals surface area contributed by atoms with Crippen molar-refractivity contribution in [3.05, 3.63) is 71.8 Å². The Kier molecular flexibility index (Phi) is 7.64. The van der Waals surface area contributed by atoms with Crippen LogP contribution in [0.5, 0.6) is 0 Å². The molecule has 118 valence electrons. The van der Waals surface area contributed by atoms with Gasteiger partial charge in [-0.3, -0.25) is 4.79 Å². The predicted octanol–water partition coefficient (Wildman–Crippen LogP) is 3.25. The van der Waals surface area contributed by atoms with Gasteiger partial charge in [0.15, 0.2) is 0 Å². The highest BCUT2D eigenvalue weighted by Crippen LogP contribution is 2.18. The van der Waals surface area contributed by atoms with Crippen LogP contribution in [-0.2, 0) is 11.2 Å². The van der Waals surface area contributed by atoms with Crippen LogP contribution in [0.15, 0.2) is 60.7 Å². The van der Waals surface area contributed by atoms with Gasteiger partial charge in [0.2, 0.25) is 5.91 Å². The Hall–Kier alpha value is -1.84. The minimum atomic E-state index is -0.127. The molecule has 0 aliphatic rings. The van der Waals surface area contributed by atoms with Crippen LogP contribution in [0.1, 0.15) is 30.5 Å². The van der Waals surface area contributed by atoms with Gasteiger partial charge in [0.25, 0.3) is 0 Å². The van der Waals surface area contributed by atoms with Crippen LogP contribution in [0.4, 0.5) is 0 Å². The van der Waals surface area contributed by atoms with E-state index in [0.717, 1.165) is 12.0 Å². The van der Waals surface area contributed by atoms with E-state index in [-0.39, 0.29) is 30.4 Å². The third kappa shape index (κ3) is 5.88. The number of amides is 1. The Bertz CT molecular complexity index is 558. The van der Waals surface area contributed by atoms with Crippen LogP contribution < -0.4 is 11.1 Å². The average Bonchev–Trinajstić information content (AvgIpc) is 2.48. The maximum atomic E-state index is 12.0. The lowest BCUT2D eigenvalue weighted by Gasteiger charge is -2.20. The van der Waals surface area contributed by atoms with Crippen LogP contribution >= 0.6 is 12.4 Å². The van der Waals surface area contributed by atoms with Crippen LogP contribution in [0.3, 0.4) is 0 Å². The molecule has 0 aromatic heterocycles. The Morgan fingerprint density at radius 1 is 1.05 bits per heavy atom. The lowest BCUT2D eigenvalue weighted by Crippen LogP contribution is -2.33. The van der Waals surface area contributed by atoms with E-state index in [9.17, 15) is 4.79 Å². The fraction of sp³-hybridized carbons (Fsp3) is 0.278. The molecule has 2 atom stereocenters. The summed E-state index contributed by atoms with van der Waals surface area (Å²) < 4.78 is 0. The molecular formula is C18H23ClN2O. The molecular weight excluding hydrogens is 296 g/mol. The van der Waals surface area contributed by atoms with E-state index in [1.807, 2.05) is 55.5 Å². The maximum absolute atomic E-state index is 12.0. The Balaban J connectivity index is 0.00000242. The van der Waals surface area contributed by atoms with Gasteiger partial charge in [-0.15, -0.1) is 12.4 Å². The number of benzene rings is 2. The third-order valence-electron chi connectivity index (χ3n) is 3.33. The summed E-state index contributed by atoms with van der Waals surface area (Å²) in [5.41, 5.74) is 8.01. The van der Waals surface area contributed by atoms with Crippen molar-refractivity contribution < 1.29 is 4.79 Å². The fourth-order valence-electron chi connectivity index (χ4n) is 2.33. The van der Waals surface area contributed by atoms with Gasteiger partial charge in [-0.1, -0.05) is 60.7 Å². The van der Waals surface area contributed by atoms with Crippen molar-refractivity contribution in [2.45, 2.75) is 31.8 Å². The normalized spacial score (nSPS) is 12.8. The van der Waals surface area contributed by atoms with E-state index in [4.69, 9.17) is 5.73 Å². The molecule has 2 aromatic rings. The quantitative estimate of drug-likeness (QED) is 0.859. The fourth-order valence-corrected chi connectivity index (χ4v) is 2.33. The molecule has 1 amide bonds. The number of hydrogen-bond donors (Lipinski definition) is 2. The highest BCUT2D eigenvalue weighted by Gasteiger charge is 2.15. The average molecular weight is 319 g/mol. The number of rotatable bonds is 6. The molecule has 3 nitrogen and oxygen atoms in total. The second kappa shape index (κ2) is 9.23. The monoisotopic (exact) mass is 318 g/mol. The van der Waals surface area contributed by atoms with Gasteiger partial charge in [-0.2, -0.15) is 0 Å². The molecule has 3 N–H and O–H groups in total. The zero-order valence-corrected chi connectivity index (χ0v) is 13.6.